The maximum absolute atomic E-state index is 12.8. The van der Waals surface area contributed by atoms with Gasteiger partial charge in [0, 0.05) is 6.26 Å². The zero-order valence-electron chi connectivity index (χ0n) is 8.15. The molecule has 0 fully saturated rings. The zero-order valence-corrected chi connectivity index (χ0v) is 8.97. The van der Waals surface area contributed by atoms with Crippen molar-refractivity contribution in [1.29, 1.82) is 0 Å². The standard InChI is InChI=1S/C9H9FO4S/c1-14-9(11)7-4-3-6(10)5-8(7)15(2,12)13/h3-5H,1-2H3. The van der Waals surface area contributed by atoms with Crippen molar-refractivity contribution >= 4 is 15.8 Å². The van der Waals surface area contributed by atoms with Crippen LogP contribution in [-0.2, 0) is 14.6 Å². The van der Waals surface area contributed by atoms with E-state index in [1.54, 1.807) is 0 Å². The highest BCUT2D eigenvalue weighted by Crippen LogP contribution is 2.17. The highest BCUT2D eigenvalue weighted by molar-refractivity contribution is 7.90. The van der Waals surface area contributed by atoms with E-state index in [1.165, 1.54) is 0 Å². The van der Waals surface area contributed by atoms with Crippen LogP contribution in [0.4, 0.5) is 4.39 Å². The van der Waals surface area contributed by atoms with Crippen LogP contribution in [0, 0.1) is 5.82 Å². The Labute approximate surface area is 86.6 Å². The Balaban J connectivity index is 3.47. The molecule has 0 saturated carbocycles. The zero-order chi connectivity index (χ0) is 11.6. The van der Waals surface area contributed by atoms with Gasteiger partial charge >= 0.3 is 5.97 Å². The molecule has 1 rings (SSSR count). The molecule has 0 atom stereocenters. The molecule has 15 heavy (non-hydrogen) atoms. The van der Waals surface area contributed by atoms with E-state index in [0.29, 0.717) is 0 Å². The minimum absolute atomic E-state index is 0.165. The molecule has 0 unspecified atom stereocenters. The van der Waals surface area contributed by atoms with E-state index in [2.05, 4.69) is 4.74 Å². The van der Waals surface area contributed by atoms with Gasteiger partial charge in [-0.1, -0.05) is 0 Å². The lowest BCUT2D eigenvalue weighted by Gasteiger charge is -2.05. The van der Waals surface area contributed by atoms with Crippen LogP contribution in [0.2, 0.25) is 0 Å². The molecule has 0 N–H and O–H groups in total. The van der Waals surface area contributed by atoms with Crippen LogP contribution >= 0.6 is 0 Å². The molecule has 0 aliphatic carbocycles. The van der Waals surface area contributed by atoms with E-state index in [-0.39, 0.29) is 10.5 Å². The third-order valence-electron chi connectivity index (χ3n) is 1.75. The molecule has 6 heteroatoms. The number of rotatable bonds is 2. The highest BCUT2D eigenvalue weighted by Gasteiger charge is 2.19. The number of carbonyl (C=O) groups is 1. The van der Waals surface area contributed by atoms with Gasteiger partial charge in [-0.2, -0.15) is 0 Å². The van der Waals surface area contributed by atoms with Crippen LogP contribution in [0.5, 0.6) is 0 Å². The van der Waals surface area contributed by atoms with Gasteiger partial charge in [0.25, 0.3) is 0 Å². The minimum Gasteiger partial charge on any atom is -0.465 e. The van der Waals surface area contributed by atoms with Gasteiger partial charge in [0.1, 0.15) is 5.82 Å². The van der Waals surface area contributed by atoms with Crippen LogP contribution in [0.25, 0.3) is 0 Å². The monoisotopic (exact) mass is 232 g/mol. The predicted octanol–water partition coefficient (Wildman–Crippen LogP) is 1.02. The smallest absolute Gasteiger partial charge is 0.339 e. The number of esters is 1. The molecule has 0 radical (unpaired) electrons. The van der Waals surface area contributed by atoms with Crippen molar-refractivity contribution < 1.29 is 22.3 Å². The first kappa shape index (κ1) is 11.6. The fourth-order valence-electron chi connectivity index (χ4n) is 1.08. The first-order chi connectivity index (χ1) is 6.86. The number of benzene rings is 1. The fraction of sp³-hybridized carbons (Fsp3) is 0.222. The van der Waals surface area contributed by atoms with E-state index >= 15 is 0 Å². The lowest BCUT2D eigenvalue weighted by atomic mass is 10.2. The molecule has 0 heterocycles. The second kappa shape index (κ2) is 3.98. The molecule has 0 bridgehead atoms. The summed E-state index contributed by atoms with van der Waals surface area (Å²) in [5, 5.41) is 0. The summed E-state index contributed by atoms with van der Waals surface area (Å²) in [5.74, 6) is -1.53. The lowest BCUT2D eigenvalue weighted by molar-refractivity contribution is 0.0596. The Kier molecular flexibility index (Phi) is 3.09. The molecule has 0 aliphatic rings. The van der Waals surface area contributed by atoms with Gasteiger partial charge < -0.3 is 4.74 Å². The third kappa shape index (κ3) is 2.53. The molecule has 0 aromatic heterocycles. The van der Waals surface area contributed by atoms with Crippen LogP contribution < -0.4 is 0 Å². The van der Waals surface area contributed by atoms with Crippen molar-refractivity contribution in [2.75, 3.05) is 13.4 Å². The number of methoxy groups -OCH3 is 1. The van der Waals surface area contributed by atoms with Crippen LogP contribution in [0.1, 0.15) is 10.4 Å². The summed E-state index contributed by atoms with van der Waals surface area (Å²) < 4.78 is 39.7. The molecular weight excluding hydrogens is 223 g/mol. The van der Waals surface area contributed by atoms with E-state index in [1.807, 2.05) is 0 Å². The first-order valence-electron chi connectivity index (χ1n) is 3.94. The molecule has 82 valence electrons. The number of carbonyl (C=O) groups excluding carboxylic acids is 1. The molecule has 1 aromatic carbocycles. The van der Waals surface area contributed by atoms with E-state index < -0.39 is 21.6 Å². The van der Waals surface area contributed by atoms with Gasteiger partial charge in [0.2, 0.25) is 0 Å². The van der Waals surface area contributed by atoms with E-state index in [4.69, 9.17) is 0 Å². The van der Waals surface area contributed by atoms with Crippen molar-refractivity contribution in [3.8, 4) is 0 Å². The SMILES string of the molecule is COC(=O)c1ccc(F)cc1S(C)(=O)=O. The molecule has 4 nitrogen and oxygen atoms in total. The number of hydrogen-bond donors (Lipinski definition) is 0. The second-order valence-corrected chi connectivity index (χ2v) is 4.89. The molecular formula is C9H9FO4S. The third-order valence-corrected chi connectivity index (χ3v) is 2.89. The molecule has 0 amide bonds. The van der Waals surface area contributed by atoms with Crippen molar-refractivity contribution in [3.63, 3.8) is 0 Å². The van der Waals surface area contributed by atoms with Crippen LogP contribution in [-0.4, -0.2) is 27.8 Å². The summed E-state index contributed by atoms with van der Waals surface area (Å²) in [4.78, 5) is 10.8. The van der Waals surface area contributed by atoms with Crippen LogP contribution in [0.3, 0.4) is 0 Å². The van der Waals surface area contributed by atoms with Crippen molar-refractivity contribution in [2.24, 2.45) is 0 Å². The van der Waals surface area contributed by atoms with Gasteiger partial charge in [-0.15, -0.1) is 0 Å². The number of hydrogen-bond acceptors (Lipinski definition) is 4. The molecule has 0 spiro atoms. The number of ether oxygens (including phenoxy) is 1. The molecule has 0 aliphatic heterocycles. The quantitative estimate of drug-likeness (QED) is 0.714. The Morgan fingerprint density at radius 1 is 1.40 bits per heavy atom. The maximum atomic E-state index is 12.8. The van der Waals surface area contributed by atoms with Crippen molar-refractivity contribution in [2.45, 2.75) is 4.90 Å². The van der Waals surface area contributed by atoms with Gasteiger partial charge in [-0.25, -0.2) is 17.6 Å². The summed E-state index contributed by atoms with van der Waals surface area (Å²) in [6.07, 6.45) is 0.897. The number of halogens is 1. The summed E-state index contributed by atoms with van der Waals surface area (Å²) in [6, 6.07) is 2.88. The summed E-state index contributed by atoms with van der Waals surface area (Å²) >= 11 is 0. The Morgan fingerprint density at radius 3 is 2.47 bits per heavy atom. The van der Waals surface area contributed by atoms with Gasteiger partial charge in [-0.3, -0.25) is 0 Å². The van der Waals surface area contributed by atoms with Crippen molar-refractivity contribution in [1.82, 2.24) is 0 Å². The first-order valence-corrected chi connectivity index (χ1v) is 5.83. The predicted molar refractivity (Wildman–Crippen MR) is 50.8 cm³/mol. The van der Waals surface area contributed by atoms with Gasteiger partial charge in [-0.05, 0) is 18.2 Å². The van der Waals surface area contributed by atoms with Gasteiger partial charge in [0.15, 0.2) is 9.84 Å². The Morgan fingerprint density at radius 2 is 2.00 bits per heavy atom. The second-order valence-electron chi connectivity index (χ2n) is 2.90. The topological polar surface area (TPSA) is 60.4 Å². The van der Waals surface area contributed by atoms with Crippen LogP contribution in [0.15, 0.2) is 23.1 Å². The van der Waals surface area contributed by atoms with E-state index in [9.17, 15) is 17.6 Å². The molecule has 1 aromatic rings. The highest BCUT2D eigenvalue weighted by atomic mass is 32.2. The largest absolute Gasteiger partial charge is 0.465 e. The average Bonchev–Trinajstić information content (AvgIpc) is 2.15. The summed E-state index contributed by atoms with van der Waals surface area (Å²) in [5.41, 5.74) is -0.165. The molecule has 0 saturated heterocycles. The summed E-state index contributed by atoms with van der Waals surface area (Å²) in [7, 11) is -2.53. The Hall–Kier alpha value is -1.43. The van der Waals surface area contributed by atoms with E-state index in [0.717, 1.165) is 31.6 Å². The Bertz CT molecular complexity index is 493. The average molecular weight is 232 g/mol. The fourth-order valence-corrected chi connectivity index (χ4v) is 1.96. The van der Waals surface area contributed by atoms with Gasteiger partial charge in [0.05, 0.1) is 17.6 Å². The minimum atomic E-state index is -3.65. The maximum Gasteiger partial charge on any atom is 0.339 e. The van der Waals surface area contributed by atoms with Crippen molar-refractivity contribution in [3.05, 3.63) is 29.6 Å². The normalized spacial score (nSPS) is 11.1. The number of sulfone groups is 1. The summed E-state index contributed by atoms with van der Waals surface area (Å²) in [6.45, 7) is 0. The lowest BCUT2D eigenvalue weighted by Crippen LogP contribution is -2.10.